The molecule has 12 heteroatoms. The monoisotopic (exact) mass is 657 g/mol. The van der Waals surface area contributed by atoms with Crippen molar-refractivity contribution >= 4 is 58.3 Å². The number of carbonyl (C=O) groups excluding carboxylic acids is 3. The van der Waals surface area contributed by atoms with Gasteiger partial charge in [0, 0.05) is 34.5 Å². The lowest BCUT2D eigenvalue weighted by atomic mass is 10.1. The fraction of sp³-hybridized carbons (Fsp3) is 0.375. The minimum absolute atomic E-state index is 0.0354. The van der Waals surface area contributed by atoms with Gasteiger partial charge in [-0.05, 0) is 67.6 Å². The number of halogens is 1. The van der Waals surface area contributed by atoms with E-state index in [1.165, 1.54) is 11.3 Å². The third kappa shape index (κ3) is 11.9. The molecule has 3 rings (SSSR count). The Morgan fingerprint density at radius 2 is 1.77 bits per heavy atom. The summed E-state index contributed by atoms with van der Waals surface area (Å²) in [4.78, 5) is 39.0. The predicted octanol–water partition coefficient (Wildman–Crippen LogP) is 5.82. The van der Waals surface area contributed by atoms with Crippen LogP contribution in [-0.2, 0) is 23.4 Å². The van der Waals surface area contributed by atoms with Crippen LogP contribution in [0.3, 0.4) is 0 Å². The quantitative estimate of drug-likeness (QED) is 0.108. The van der Waals surface area contributed by atoms with E-state index < -0.39 is 6.03 Å². The number of urea groups is 1. The number of likely N-dealkylation sites (N-methyl/N-ethyl adjacent to an activating group) is 1. The Bertz CT molecular complexity index is 1400. The maximum atomic E-state index is 13.0. The molecule has 4 amide bonds. The van der Waals surface area contributed by atoms with Crippen LogP contribution in [-0.4, -0.2) is 55.0 Å². The predicted molar refractivity (Wildman–Crippen MR) is 181 cm³/mol. The number of aryl methyl sites for hydroxylation is 1. The molecule has 0 saturated heterocycles. The normalized spacial score (nSPS) is 11.9. The summed E-state index contributed by atoms with van der Waals surface area (Å²) >= 11 is 9.42. The maximum Gasteiger partial charge on any atom is 0.335 e. The summed E-state index contributed by atoms with van der Waals surface area (Å²) in [5.74, 6) is 1.43. The highest BCUT2D eigenvalue weighted by molar-refractivity contribution is 7.99. The molecule has 3 aromatic rings. The van der Waals surface area contributed by atoms with Gasteiger partial charge in [0.25, 0.3) is 11.8 Å². The Kier molecular flexibility index (Phi) is 15.1. The van der Waals surface area contributed by atoms with Gasteiger partial charge in [0.2, 0.25) is 0 Å². The first kappa shape index (κ1) is 34.9. The van der Waals surface area contributed by atoms with E-state index >= 15 is 0 Å². The molecule has 1 atom stereocenters. The number of ether oxygens (including phenoxy) is 1. The summed E-state index contributed by atoms with van der Waals surface area (Å²) in [6.45, 7) is 6.80. The summed E-state index contributed by atoms with van der Waals surface area (Å²) in [6, 6.07) is 18.1. The number of rotatable bonds is 17. The number of thioether (sulfide) groups is 1. The van der Waals surface area contributed by atoms with Gasteiger partial charge in [0.05, 0.1) is 16.6 Å². The molecule has 1 aromatic heterocycles. The average Bonchev–Trinajstić information content (AvgIpc) is 3.52. The van der Waals surface area contributed by atoms with Crippen LogP contribution in [0.4, 0.5) is 4.79 Å². The lowest BCUT2D eigenvalue weighted by Crippen LogP contribution is -2.43. The van der Waals surface area contributed by atoms with E-state index in [9.17, 15) is 14.4 Å². The third-order valence-corrected chi connectivity index (χ3v) is 9.09. The Morgan fingerprint density at radius 3 is 2.45 bits per heavy atom. The van der Waals surface area contributed by atoms with Crippen LogP contribution in [0.15, 0.2) is 65.8 Å². The first-order valence-corrected chi connectivity index (χ1v) is 17.0. The van der Waals surface area contributed by atoms with Gasteiger partial charge in [0.1, 0.15) is 5.75 Å². The third-order valence-electron chi connectivity index (χ3n) is 6.48. The average molecular weight is 658 g/mol. The smallest absolute Gasteiger partial charge is 0.335 e. The number of carbonyl (C=O) groups is 3. The summed E-state index contributed by atoms with van der Waals surface area (Å²) in [5, 5.41) is 13.7. The van der Waals surface area contributed by atoms with Gasteiger partial charge in [-0.1, -0.05) is 55.8 Å². The lowest BCUT2D eigenvalue weighted by Gasteiger charge is -2.19. The number of nitrogens with zero attached hydrogens (tertiary/aromatic N) is 1. The molecule has 1 heterocycles. The lowest BCUT2D eigenvalue weighted by molar-refractivity contribution is -0.122. The van der Waals surface area contributed by atoms with E-state index in [-0.39, 0.29) is 24.5 Å². The largest absolute Gasteiger partial charge is 0.484 e. The van der Waals surface area contributed by atoms with Gasteiger partial charge in [0.15, 0.2) is 6.61 Å². The molecule has 0 aliphatic carbocycles. The van der Waals surface area contributed by atoms with E-state index in [1.807, 2.05) is 62.4 Å². The summed E-state index contributed by atoms with van der Waals surface area (Å²) < 4.78 is 5.47. The van der Waals surface area contributed by atoms with Crippen molar-refractivity contribution in [3.8, 4) is 5.75 Å². The number of hydrogen-bond acceptors (Lipinski definition) is 7. The Hall–Kier alpha value is -3.54. The number of benzene rings is 2. The number of nitrogens with one attached hydrogen (secondary N) is 4. The van der Waals surface area contributed by atoms with Crippen molar-refractivity contribution in [2.75, 3.05) is 25.4 Å². The summed E-state index contributed by atoms with van der Waals surface area (Å²) in [6.07, 6.45) is 2.08. The summed E-state index contributed by atoms with van der Waals surface area (Å²) in [7, 11) is 0. The first-order valence-electron chi connectivity index (χ1n) is 14.6. The molecule has 44 heavy (non-hydrogen) atoms. The molecule has 236 valence electrons. The molecule has 0 bridgehead atoms. The van der Waals surface area contributed by atoms with Crippen molar-refractivity contribution in [2.24, 2.45) is 5.10 Å². The molecular weight excluding hydrogens is 618 g/mol. The Labute approximate surface area is 272 Å². The summed E-state index contributed by atoms with van der Waals surface area (Å²) in [5.41, 5.74) is 5.28. The van der Waals surface area contributed by atoms with Crippen LogP contribution in [0.25, 0.3) is 0 Å². The van der Waals surface area contributed by atoms with Crippen molar-refractivity contribution in [1.82, 2.24) is 21.4 Å². The zero-order chi connectivity index (χ0) is 31.7. The van der Waals surface area contributed by atoms with Crippen molar-refractivity contribution < 1.29 is 19.1 Å². The molecule has 4 N–H and O–H groups in total. The van der Waals surface area contributed by atoms with E-state index in [1.54, 1.807) is 23.9 Å². The molecule has 0 unspecified atom stereocenters. The highest BCUT2D eigenvalue weighted by Crippen LogP contribution is 2.22. The molecule has 0 radical (unpaired) electrons. The highest BCUT2D eigenvalue weighted by atomic mass is 35.5. The maximum absolute atomic E-state index is 13.0. The minimum atomic E-state index is -0.437. The molecule has 0 aliphatic heterocycles. The van der Waals surface area contributed by atoms with Crippen LogP contribution in [0.1, 0.15) is 52.9 Å². The second kappa shape index (κ2) is 19.0. The van der Waals surface area contributed by atoms with E-state index in [0.717, 1.165) is 22.4 Å². The SMILES string of the molecule is CCNC(=O)COc1ccc(CCNC(=O)N/N=C(/CSCc2ccccc2Cl)[C@H](CC)NC(=O)c2ccc(CC)s2)cc1. The Morgan fingerprint density at radius 1 is 1.00 bits per heavy atom. The molecule has 0 saturated carbocycles. The van der Waals surface area contributed by atoms with E-state index in [2.05, 4.69) is 33.4 Å². The van der Waals surface area contributed by atoms with Gasteiger partial charge >= 0.3 is 6.03 Å². The van der Waals surface area contributed by atoms with Crippen molar-refractivity contribution in [1.29, 1.82) is 0 Å². The second-order valence-electron chi connectivity index (χ2n) is 9.74. The van der Waals surface area contributed by atoms with E-state index in [4.69, 9.17) is 16.3 Å². The van der Waals surface area contributed by atoms with Crippen LogP contribution in [0.2, 0.25) is 5.02 Å². The molecule has 0 aliphatic rings. The standard InChI is InChI=1S/C32H40ClN5O4S2/c1-4-25-15-16-29(44-25)31(40)36-27(5-2)28(21-43-20-23-9-7-8-10-26(23)33)37-38-32(41)35-18-17-22-11-13-24(14-12-22)42-19-30(39)34-6-3/h7-16,27H,4-6,17-21H2,1-3H3,(H,34,39)(H,36,40)(H2,35,38,41)/b37-28-/t27-/m0/s1. The Balaban J connectivity index is 1.56. The number of hydrogen-bond donors (Lipinski definition) is 4. The zero-order valence-electron chi connectivity index (χ0n) is 25.3. The molecular formula is C32H40ClN5O4S2. The van der Waals surface area contributed by atoms with Gasteiger partial charge in [-0.2, -0.15) is 16.9 Å². The molecule has 9 nitrogen and oxygen atoms in total. The second-order valence-corrected chi connectivity index (χ2v) is 12.3. The van der Waals surface area contributed by atoms with Gasteiger partial charge < -0.3 is 20.7 Å². The number of amides is 4. The number of hydrazone groups is 1. The van der Waals surface area contributed by atoms with Crippen molar-refractivity contribution in [3.05, 3.63) is 86.6 Å². The van der Waals surface area contributed by atoms with Crippen LogP contribution >= 0.6 is 34.7 Å². The molecule has 2 aromatic carbocycles. The molecule has 0 spiro atoms. The van der Waals surface area contributed by atoms with Crippen LogP contribution < -0.4 is 26.1 Å². The fourth-order valence-corrected chi connectivity index (χ4v) is 6.24. The topological polar surface area (TPSA) is 121 Å². The zero-order valence-corrected chi connectivity index (χ0v) is 27.7. The van der Waals surface area contributed by atoms with Crippen molar-refractivity contribution in [2.45, 2.75) is 51.8 Å². The fourth-order valence-electron chi connectivity index (χ4n) is 4.06. The first-order chi connectivity index (χ1) is 21.3. The molecule has 0 fully saturated rings. The van der Waals surface area contributed by atoms with E-state index in [0.29, 0.717) is 58.8 Å². The van der Waals surface area contributed by atoms with Gasteiger partial charge in [-0.3, -0.25) is 9.59 Å². The van der Waals surface area contributed by atoms with Gasteiger partial charge in [-0.25, -0.2) is 10.2 Å². The highest BCUT2D eigenvalue weighted by Gasteiger charge is 2.20. The minimum Gasteiger partial charge on any atom is -0.484 e. The van der Waals surface area contributed by atoms with Crippen LogP contribution in [0.5, 0.6) is 5.75 Å². The number of thiophene rings is 1. The van der Waals surface area contributed by atoms with Gasteiger partial charge in [-0.15, -0.1) is 11.3 Å². The van der Waals surface area contributed by atoms with Crippen molar-refractivity contribution in [3.63, 3.8) is 0 Å². The van der Waals surface area contributed by atoms with Crippen LogP contribution in [0, 0.1) is 0 Å².